The van der Waals surface area contributed by atoms with Crippen LogP contribution in [0.3, 0.4) is 0 Å². The molecule has 0 saturated carbocycles. The Labute approximate surface area is 163 Å². The Kier molecular flexibility index (Phi) is 4.97. The van der Waals surface area contributed by atoms with Crippen molar-refractivity contribution in [2.45, 2.75) is 4.90 Å². The van der Waals surface area contributed by atoms with Crippen molar-refractivity contribution < 1.29 is 17.6 Å². The minimum absolute atomic E-state index is 0.110. The van der Waals surface area contributed by atoms with E-state index in [4.69, 9.17) is 4.42 Å². The zero-order chi connectivity index (χ0) is 19.6. The number of piperazine rings is 1. The number of aromatic nitrogens is 1. The SMILES string of the molecule is O=C(c1ccc(-c2cnco2)cc1)N1CCN(S(=O)(=O)c2ccccc2)CC1. The van der Waals surface area contributed by atoms with Crippen molar-refractivity contribution in [1.82, 2.24) is 14.2 Å². The molecule has 28 heavy (non-hydrogen) atoms. The van der Waals surface area contributed by atoms with Crippen LogP contribution in [0.4, 0.5) is 0 Å². The third kappa shape index (κ3) is 3.56. The van der Waals surface area contributed by atoms with Gasteiger partial charge in [0.1, 0.15) is 0 Å². The summed E-state index contributed by atoms with van der Waals surface area (Å²) >= 11 is 0. The fourth-order valence-corrected chi connectivity index (χ4v) is 4.63. The molecule has 0 spiro atoms. The van der Waals surface area contributed by atoms with Crippen LogP contribution < -0.4 is 0 Å². The van der Waals surface area contributed by atoms with Crippen LogP contribution in [0, 0.1) is 0 Å². The summed E-state index contributed by atoms with van der Waals surface area (Å²) in [6, 6.07) is 15.5. The maximum Gasteiger partial charge on any atom is 0.253 e. The molecular weight excluding hydrogens is 378 g/mol. The summed E-state index contributed by atoms with van der Waals surface area (Å²) in [5.74, 6) is 0.527. The second-order valence-corrected chi connectivity index (χ2v) is 8.39. The first-order valence-electron chi connectivity index (χ1n) is 8.89. The van der Waals surface area contributed by atoms with Gasteiger partial charge in [-0.2, -0.15) is 4.31 Å². The molecule has 1 fully saturated rings. The molecule has 1 aliphatic heterocycles. The van der Waals surface area contributed by atoms with Crippen molar-refractivity contribution in [3.63, 3.8) is 0 Å². The van der Waals surface area contributed by atoms with Crippen molar-refractivity contribution in [3.05, 3.63) is 72.8 Å². The van der Waals surface area contributed by atoms with Crippen LogP contribution >= 0.6 is 0 Å². The summed E-state index contributed by atoms with van der Waals surface area (Å²) in [7, 11) is -3.53. The molecule has 7 nitrogen and oxygen atoms in total. The zero-order valence-electron chi connectivity index (χ0n) is 15.1. The molecule has 0 bridgehead atoms. The number of hydrogen-bond acceptors (Lipinski definition) is 5. The van der Waals surface area contributed by atoms with Crippen LogP contribution in [0.1, 0.15) is 10.4 Å². The van der Waals surface area contributed by atoms with E-state index in [2.05, 4.69) is 4.98 Å². The number of nitrogens with zero attached hydrogens (tertiary/aromatic N) is 3. The summed E-state index contributed by atoms with van der Waals surface area (Å²) in [5, 5.41) is 0. The summed E-state index contributed by atoms with van der Waals surface area (Å²) in [6.07, 6.45) is 2.97. The Balaban J connectivity index is 1.41. The van der Waals surface area contributed by atoms with Crippen LogP contribution in [-0.2, 0) is 10.0 Å². The lowest BCUT2D eigenvalue weighted by molar-refractivity contribution is 0.0698. The fourth-order valence-electron chi connectivity index (χ4n) is 3.19. The zero-order valence-corrected chi connectivity index (χ0v) is 15.9. The summed E-state index contributed by atoms with van der Waals surface area (Å²) in [5.41, 5.74) is 1.40. The molecule has 2 aromatic carbocycles. The van der Waals surface area contributed by atoms with Gasteiger partial charge in [0, 0.05) is 37.3 Å². The molecular formula is C20H19N3O4S. The number of benzene rings is 2. The maximum absolute atomic E-state index is 12.7. The predicted octanol–water partition coefficient (Wildman–Crippen LogP) is 2.49. The van der Waals surface area contributed by atoms with Gasteiger partial charge in [0.05, 0.1) is 11.1 Å². The number of amides is 1. The summed E-state index contributed by atoms with van der Waals surface area (Å²) in [4.78, 5) is 18.6. The van der Waals surface area contributed by atoms with E-state index in [1.807, 2.05) is 12.1 Å². The van der Waals surface area contributed by atoms with E-state index in [-0.39, 0.29) is 23.9 Å². The summed E-state index contributed by atoms with van der Waals surface area (Å²) < 4.78 is 32.1. The lowest BCUT2D eigenvalue weighted by Crippen LogP contribution is -2.50. The first-order chi connectivity index (χ1) is 13.6. The van der Waals surface area contributed by atoms with E-state index in [1.165, 1.54) is 10.7 Å². The molecule has 1 amide bonds. The van der Waals surface area contributed by atoms with Gasteiger partial charge in [-0.3, -0.25) is 4.79 Å². The third-order valence-electron chi connectivity index (χ3n) is 4.76. The first kappa shape index (κ1) is 18.4. The molecule has 8 heteroatoms. The second kappa shape index (κ2) is 7.57. The first-order valence-corrected chi connectivity index (χ1v) is 10.3. The molecule has 3 aromatic rings. The van der Waals surface area contributed by atoms with E-state index in [1.54, 1.807) is 53.6 Å². The topological polar surface area (TPSA) is 83.7 Å². The average Bonchev–Trinajstić information content (AvgIpc) is 3.29. The molecule has 1 saturated heterocycles. The quantitative estimate of drug-likeness (QED) is 0.675. The van der Waals surface area contributed by atoms with Crippen LogP contribution in [0.15, 0.2) is 76.5 Å². The van der Waals surface area contributed by atoms with Crippen molar-refractivity contribution >= 4 is 15.9 Å². The van der Waals surface area contributed by atoms with E-state index in [0.717, 1.165) is 5.56 Å². The molecule has 0 N–H and O–H groups in total. The van der Waals surface area contributed by atoms with Gasteiger partial charge in [0.25, 0.3) is 5.91 Å². The Morgan fingerprint density at radius 2 is 1.61 bits per heavy atom. The second-order valence-electron chi connectivity index (χ2n) is 6.45. The Hall–Kier alpha value is -2.97. The van der Waals surface area contributed by atoms with Crippen molar-refractivity contribution in [3.8, 4) is 11.3 Å². The van der Waals surface area contributed by atoms with Crippen LogP contribution in [0.25, 0.3) is 11.3 Å². The highest BCUT2D eigenvalue weighted by Crippen LogP contribution is 2.21. The standard InChI is InChI=1S/C20H19N3O4S/c24-20(17-8-6-16(7-9-17)19-14-21-15-27-19)22-10-12-23(13-11-22)28(25,26)18-4-2-1-3-5-18/h1-9,14-15H,10-13H2. The van der Waals surface area contributed by atoms with E-state index in [9.17, 15) is 13.2 Å². The number of rotatable bonds is 4. The number of hydrogen-bond donors (Lipinski definition) is 0. The minimum atomic E-state index is -3.53. The number of carbonyl (C=O) groups excluding carboxylic acids is 1. The van der Waals surface area contributed by atoms with Gasteiger partial charge in [-0.1, -0.05) is 30.3 Å². The Bertz CT molecular complexity index is 1040. The van der Waals surface area contributed by atoms with Gasteiger partial charge >= 0.3 is 0 Å². The van der Waals surface area contributed by atoms with E-state index >= 15 is 0 Å². The highest BCUT2D eigenvalue weighted by atomic mass is 32.2. The fraction of sp³-hybridized carbons (Fsp3) is 0.200. The molecule has 0 radical (unpaired) electrons. The molecule has 0 unspecified atom stereocenters. The molecule has 0 atom stereocenters. The number of carbonyl (C=O) groups is 1. The highest BCUT2D eigenvalue weighted by molar-refractivity contribution is 7.89. The lowest BCUT2D eigenvalue weighted by Gasteiger charge is -2.34. The van der Waals surface area contributed by atoms with E-state index < -0.39 is 10.0 Å². The van der Waals surface area contributed by atoms with E-state index in [0.29, 0.717) is 24.4 Å². The predicted molar refractivity (Wildman–Crippen MR) is 103 cm³/mol. The Morgan fingerprint density at radius 1 is 0.929 bits per heavy atom. The van der Waals surface area contributed by atoms with Crippen molar-refractivity contribution in [1.29, 1.82) is 0 Å². The molecule has 1 aliphatic rings. The number of sulfonamides is 1. The van der Waals surface area contributed by atoms with Crippen LogP contribution in [0.2, 0.25) is 0 Å². The van der Waals surface area contributed by atoms with Crippen LogP contribution in [-0.4, -0.2) is 54.7 Å². The lowest BCUT2D eigenvalue weighted by atomic mass is 10.1. The maximum atomic E-state index is 12.7. The molecule has 1 aromatic heterocycles. The highest BCUT2D eigenvalue weighted by Gasteiger charge is 2.30. The van der Waals surface area contributed by atoms with Gasteiger partial charge in [-0.05, 0) is 24.3 Å². The molecule has 2 heterocycles. The van der Waals surface area contributed by atoms with Gasteiger partial charge in [-0.15, -0.1) is 0 Å². The van der Waals surface area contributed by atoms with Gasteiger partial charge in [0.15, 0.2) is 12.2 Å². The van der Waals surface area contributed by atoms with Gasteiger partial charge in [-0.25, -0.2) is 13.4 Å². The minimum Gasteiger partial charge on any atom is -0.444 e. The number of oxazole rings is 1. The molecule has 144 valence electrons. The molecule has 0 aliphatic carbocycles. The smallest absolute Gasteiger partial charge is 0.253 e. The Morgan fingerprint density at radius 3 is 2.21 bits per heavy atom. The monoisotopic (exact) mass is 397 g/mol. The average molecular weight is 397 g/mol. The van der Waals surface area contributed by atoms with Crippen molar-refractivity contribution in [2.24, 2.45) is 0 Å². The van der Waals surface area contributed by atoms with Gasteiger partial charge < -0.3 is 9.32 Å². The molecule has 4 rings (SSSR count). The van der Waals surface area contributed by atoms with Crippen LogP contribution in [0.5, 0.6) is 0 Å². The normalized spacial score (nSPS) is 15.5. The van der Waals surface area contributed by atoms with Gasteiger partial charge in [0.2, 0.25) is 10.0 Å². The summed E-state index contributed by atoms with van der Waals surface area (Å²) in [6.45, 7) is 1.27. The largest absolute Gasteiger partial charge is 0.444 e. The van der Waals surface area contributed by atoms with Crippen molar-refractivity contribution in [2.75, 3.05) is 26.2 Å². The third-order valence-corrected chi connectivity index (χ3v) is 6.67.